The van der Waals surface area contributed by atoms with Crippen LogP contribution in [0.1, 0.15) is 68.3 Å². The molecule has 118 valence electrons. The lowest BCUT2D eigenvalue weighted by molar-refractivity contribution is 0.1000. The third kappa shape index (κ3) is 5.74. The first kappa shape index (κ1) is 17.5. The topological polar surface area (TPSA) is 55.1 Å². The fraction of sp³-hybridized carbons (Fsp3) is 0.588. The van der Waals surface area contributed by atoms with Crippen molar-refractivity contribution in [2.45, 2.75) is 65.3 Å². The fourth-order valence-corrected chi connectivity index (χ4v) is 2.36. The highest BCUT2D eigenvalue weighted by molar-refractivity contribution is 5.94. The number of rotatable bonds is 9. The quantitative estimate of drug-likeness (QED) is 0.663. The van der Waals surface area contributed by atoms with E-state index in [4.69, 9.17) is 5.73 Å². The van der Waals surface area contributed by atoms with E-state index in [1.807, 2.05) is 0 Å². The Kier molecular flexibility index (Phi) is 7.20. The van der Waals surface area contributed by atoms with Crippen molar-refractivity contribution in [1.82, 2.24) is 0 Å². The zero-order valence-corrected chi connectivity index (χ0v) is 13.3. The maximum Gasteiger partial charge on any atom is 0.248 e. The number of amides is 1. The molecule has 0 saturated carbocycles. The van der Waals surface area contributed by atoms with Crippen molar-refractivity contribution in [2.24, 2.45) is 5.73 Å². The van der Waals surface area contributed by atoms with Gasteiger partial charge in [-0.05, 0) is 32.4 Å². The first-order chi connectivity index (χ1) is 9.95. The Hall–Kier alpha value is -1.58. The Morgan fingerprint density at radius 3 is 2.57 bits per heavy atom. The van der Waals surface area contributed by atoms with Crippen molar-refractivity contribution in [3.63, 3.8) is 0 Å². The smallest absolute Gasteiger partial charge is 0.248 e. The maximum absolute atomic E-state index is 13.8. The van der Waals surface area contributed by atoms with E-state index in [-0.39, 0.29) is 11.6 Å². The average Bonchev–Trinajstić information content (AvgIpc) is 2.43. The molecular weight excluding hydrogens is 267 g/mol. The summed E-state index contributed by atoms with van der Waals surface area (Å²) in [6.45, 7) is 5.98. The largest absolute Gasteiger partial charge is 0.382 e. The summed E-state index contributed by atoms with van der Waals surface area (Å²) >= 11 is 0. The Bertz CT molecular complexity index is 474. The number of nitrogens with two attached hydrogens (primary N) is 1. The second kappa shape index (κ2) is 8.65. The second-order valence-corrected chi connectivity index (χ2v) is 5.74. The molecule has 3 nitrogen and oxygen atoms in total. The zero-order chi connectivity index (χ0) is 15.8. The van der Waals surface area contributed by atoms with Crippen molar-refractivity contribution in [1.29, 1.82) is 0 Å². The summed E-state index contributed by atoms with van der Waals surface area (Å²) in [5.74, 6) is -1.01. The second-order valence-electron chi connectivity index (χ2n) is 5.74. The van der Waals surface area contributed by atoms with E-state index in [1.54, 1.807) is 13.0 Å². The van der Waals surface area contributed by atoms with Crippen LogP contribution in [0.5, 0.6) is 0 Å². The van der Waals surface area contributed by atoms with Crippen LogP contribution in [0.3, 0.4) is 0 Å². The van der Waals surface area contributed by atoms with E-state index in [9.17, 15) is 9.18 Å². The molecule has 0 aliphatic rings. The summed E-state index contributed by atoms with van der Waals surface area (Å²) in [4.78, 5) is 11.2. The van der Waals surface area contributed by atoms with Gasteiger partial charge in [0.05, 0.1) is 0 Å². The van der Waals surface area contributed by atoms with Gasteiger partial charge in [-0.1, -0.05) is 39.0 Å². The van der Waals surface area contributed by atoms with Crippen LogP contribution in [0.4, 0.5) is 10.1 Å². The van der Waals surface area contributed by atoms with Gasteiger partial charge >= 0.3 is 0 Å². The molecule has 1 aromatic rings. The third-order valence-electron chi connectivity index (χ3n) is 3.77. The minimum Gasteiger partial charge on any atom is -0.382 e. The van der Waals surface area contributed by atoms with Crippen LogP contribution >= 0.6 is 0 Å². The first-order valence-electron chi connectivity index (χ1n) is 7.82. The van der Waals surface area contributed by atoms with Crippen molar-refractivity contribution < 1.29 is 9.18 Å². The third-order valence-corrected chi connectivity index (χ3v) is 3.77. The van der Waals surface area contributed by atoms with Crippen LogP contribution in [-0.2, 0) is 0 Å². The lowest BCUT2D eigenvalue weighted by atomic mass is 10.0. The SMILES string of the molecule is CCCCCCCC(C)Nc1cc(C(N)=O)cc(F)c1C. The van der Waals surface area contributed by atoms with Gasteiger partial charge in [-0.3, -0.25) is 4.79 Å². The normalized spacial score (nSPS) is 12.2. The van der Waals surface area contributed by atoms with Gasteiger partial charge in [0.2, 0.25) is 5.91 Å². The minimum atomic E-state index is -0.607. The number of nitrogens with one attached hydrogen (secondary N) is 1. The number of hydrogen-bond acceptors (Lipinski definition) is 2. The monoisotopic (exact) mass is 294 g/mol. The highest BCUT2D eigenvalue weighted by atomic mass is 19.1. The fourth-order valence-electron chi connectivity index (χ4n) is 2.36. The van der Waals surface area contributed by atoms with Gasteiger partial charge in [-0.2, -0.15) is 0 Å². The van der Waals surface area contributed by atoms with Crippen LogP contribution in [-0.4, -0.2) is 11.9 Å². The lowest BCUT2D eigenvalue weighted by Crippen LogP contribution is -2.18. The molecule has 0 saturated heterocycles. The number of halogens is 1. The number of primary amides is 1. The number of carbonyl (C=O) groups is 1. The van der Waals surface area contributed by atoms with Crippen LogP contribution < -0.4 is 11.1 Å². The molecule has 0 radical (unpaired) electrons. The van der Waals surface area contributed by atoms with Gasteiger partial charge in [0, 0.05) is 22.9 Å². The van der Waals surface area contributed by atoms with E-state index in [0.29, 0.717) is 11.3 Å². The van der Waals surface area contributed by atoms with Crippen molar-refractivity contribution in [2.75, 3.05) is 5.32 Å². The van der Waals surface area contributed by atoms with Gasteiger partial charge in [0.15, 0.2) is 0 Å². The number of anilines is 1. The van der Waals surface area contributed by atoms with Crippen LogP contribution in [0, 0.1) is 12.7 Å². The maximum atomic E-state index is 13.8. The summed E-state index contributed by atoms with van der Waals surface area (Å²) < 4.78 is 13.8. The van der Waals surface area contributed by atoms with Crippen molar-refractivity contribution >= 4 is 11.6 Å². The molecule has 0 heterocycles. The van der Waals surface area contributed by atoms with E-state index in [0.717, 1.165) is 12.8 Å². The molecule has 1 rings (SSSR count). The molecule has 3 N–H and O–H groups in total. The summed E-state index contributed by atoms with van der Waals surface area (Å²) in [7, 11) is 0. The molecule has 0 aliphatic carbocycles. The minimum absolute atomic E-state index is 0.204. The molecule has 21 heavy (non-hydrogen) atoms. The standard InChI is InChI=1S/C17H27FN2O/c1-4-5-6-7-8-9-12(2)20-16-11-14(17(19)21)10-15(18)13(16)3/h10-12,20H,4-9H2,1-3H3,(H2,19,21). The van der Waals surface area contributed by atoms with E-state index in [1.165, 1.54) is 31.7 Å². The molecule has 1 amide bonds. The number of carbonyl (C=O) groups excluding carboxylic acids is 1. The molecule has 0 fully saturated rings. The van der Waals surface area contributed by atoms with Crippen LogP contribution in [0.2, 0.25) is 0 Å². The van der Waals surface area contributed by atoms with Crippen LogP contribution in [0.25, 0.3) is 0 Å². The van der Waals surface area contributed by atoms with Gasteiger partial charge in [0.25, 0.3) is 0 Å². The Morgan fingerprint density at radius 1 is 1.29 bits per heavy atom. The van der Waals surface area contributed by atoms with Crippen LogP contribution in [0.15, 0.2) is 12.1 Å². The molecule has 0 aliphatic heterocycles. The van der Waals surface area contributed by atoms with Gasteiger partial charge < -0.3 is 11.1 Å². The number of benzene rings is 1. The zero-order valence-electron chi connectivity index (χ0n) is 13.3. The van der Waals surface area contributed by atoms with Crippen molar-refractivity contribution in [3.8, 4) is 0 Å². The molecule has 1 atom stereocenters. The van der Waals surface area contributed by atoms with E-state index < -0.39 is 11.7 Å². The molecule has 0 spiro atoms. The van der Waals surface area contributed by atoms with Gasteiger partial charge in [-0.15, -0.1) is 0 Å². The summed E-state index contributed by atoms with van der Waals surface area (Å²) in [5, 5.41) is 3.29. The van der Waals surface area contributed by atoms with Gasteiger partial charge in [0.1, 0.15) is 5.82 Å². The first-order valence-corrected chi connectivity index (χ1v) is 7.82. The molecule has 0 bridgehead atoms. The highest BCUT2D eigenvalue weighted by Crippen LogP contribution is 2.22. The highest BCUT2D eigenvalue weighted by Gasteiger charge is 2.12. The molecule has 1 aromatic carbocycles. The summed E-state index contributed by atoms with van der Waals surface area (Å²) in [5.41, 5.74) is 6.61. The predicted octanol–water partition coefficient (Wildman–Crippen LogP) is 4.39. The number of hydrogen-bond donors (Lipinski definition) is 2. The summed E-state index contributed by atoms with van der Waals surface area (Å²) in [6, 6.07) is 3.07. The van der Waals surface area contributed by atoms with E-state index in [2.05, 4.69) is 19.2 Å². The Morgan fingerprint density at radius 2 is 1.95 bits per heavy atom. The lowest BCUT2D eigenvalue weighted by Gasteiger charge is -2.18. The van der Waals surface area contributed by atoms with E-state index >= 15 is 0 Å². The molecule has 4 heteroatoms. The molecule has 0 aromatic heterocycles. The Labute approximate surface area is 127 Å². The summed E-state index contributed by atoms with van der Waals surface area (Å²) in [6.07, 6.45) is 7.22. The van der Waals surface area contributed by atoms with Crippen molar-refractivity contribution in [3.05, 3.63) is 29.1 Å². The molecule has 1 unspecified atom stereocenters. The predicted molar refractivity (Wildman–Crippen MR) is 86.1 cm³/mol. The van der Waals surface area contributed by atoms with Gasteiger partial charge in [-0.25, -0.2) is 4.39 Å². The Balaban J connectivity index is 2.59. The average molecular weight is 294 g/mol. The number of unbranched alkanes of at least 4 members (excludes halogenated alkanes) is 4. The molecular formula is C17H27FN2O.